The number of carbonyl (C=O) groups is 1. The lowest BCUT2D eigenvalue weighted by molar-refractivity contribution is -0.384. The topological polar surface area (TPSA) is 107 Å². The molecule has 9 heteroatoms. The molecule has 0 heterocycles. The van der Waals surface area contributed by atoms with Crippen LogP contribution in [0.5, 0.6) is 5.75 Å². The van der Waals surface area contributed by atoms with E-state index in [2.05, 4.69) is 0 Å². The molecular formula is C20H24N2O6S. The molecule has 8 nitrogen and oxygen atoms in total. The molecule has 0 aromatic heterocycles. The van der Waals surface area contributed by atoms with Crippen molar-refractivity contribution in [2.75, 3.05) is 5.75 Å². The summed E-state index contributed by atoms with van der Waals surface area (Å²) in [6.45, 7) is 5.52. The van der Waals surface area contributed by atoms with Gasteiger partial charge in [-0.3, -0.25) is 14.9 Å². The fourth-order valence-corrected chi connectivity index (χ4v) is 3.18. The zero-order valence-electron chi connectivity index (χ0n) is 16.6. The minimum Gasteiger partial charge on any atom is -0.382 e. The summed E-state index contributed by atoms with van der Waals surface area (Å²) >= 11 is 0. The molecule has 1 amide bonds. The Kier molecular flexibility index (Phi) is 7.33. The largest absolute Gasteiger partial charge is 0.382 e. The van der Waals surface area contributed by atoms with Crippen molar-refractivity contribution in [1.29, 1.82) is 0 Å². The van der Waals surface area contributed by atoms with Crippen LogP contribution in [-0.4, -0.2) is 35.9 Å². The van der Waals surface area contributed by atoms with Gasteiger partial charge in [0.15, 0.2) is 0 Å². The number of carbonyl (C=O) groups excluding carboxylic acids is 1. The van der Waals surface area contributed by atoms with Crippen molar-refractivity contribution in [2.24, 2.45) is 0 Å². The number of non-ortho nitro benzene ring substituents is 1. The Labute approximate surface area is 170 Å². The molecule has 29 heavy (non-hydrogen) atoms. The van der Waals surface area contributed by atoms with E-state index in [1.54, 1.807) is 23.1 Å². The van der Waals surface area contributed by atoms with Crippen LogP contribution in [0.2, 0.25) is 0 Å². The van der Waals surface area contributed by atoms with Gasteiger partial charge in [-0.25, -0.2) is 0 Å². The maximum absolute atomic E-state index is 13.1. The van der Waals surface area contributed by atoms with Gasteiger partial charge in [0.2, 0.25) is 0 Å². The molecule has 2 aromatic rings. The first-order valence-electron chi connectivity index (χ1n) is 9.23. The second-order valence-corrected chi connectivity index (χ2v) is 8.43. The molecule has 156 valence electrons. The summed E-state index contributed by atoms with van der Waals surface area (Å²) in [4.78, 5) is 25.1. The normalized spacial score (nSPS) is 12.2. The predicted molar refractivity (Wildman–Crippen MR) is 109 cm³/mol. The number of nitrogens with zero attached hydrogens (tertiary/aromatic N) is 2. The van der Waals surface area contributed by atoms with Crippen LogP contribution in [0.25, 0.3) is 0 Å². The summed E-state index contributed by atoms with van der Waals surface area (Å²) < 4.78 is 28.4. The number of rotatable bonds is 9. The van der Waals surface area contributed by atoms with Gasteiger partial charge >= 0.3 is 10.1 Å². The minimum atomic E-state index is -3.66. The molecule has 1 atom stereocenters. The van der Waals surface area contributed by atoms with Crippen molar-refractivity contribution in [3.63, 3.8) is 0 Å². The van der Waals surface area contributed by atoms with E-state index in [9.17, 15) is 23.3 Å². The predicted octanol–water partition coefficient (Wildman–Crippen LogP) is 3.76. The lowest BCUT2D eigenvalue weighted by atomic mass is 10.1. The second-order valence-electron chi connectivity index (χ2n) is 6.57. The molecule has 0 aliphatic heterocycles. The molecule has 0 fully saturated rings. The molecule has 2 aromatic carbocycles. The molecule has 0 bridgehead atoms. The summed E-state index contributed by atoms with van der Waals surface area (Å²) in [5, 5.41) is 11.0. The van der Waals surface area contributed by atoms with E-state index in [0.29, 0.717) is 12.0 Å². The van der Waals surface area contributed by atoms with Gasteiger partial charge < -0.3 is 9.08 Å². The fourth-order valence-electron chi connectivity index (χ4n) is 2.66. The summed E-state index contributed by atoms with van der Waals surface area (Å²) in [6, 6.07) is 12.0. The van der Waals surface area contributed by atoms with Crippen LogP contribution >= 0.6 is 0 Å². The Balaban J connectivity index is 2.31. The third-order valence-corrected chi connectivity index (χ3v) is 5.67. The highest BCUT2D eigenvalue weighted by molar-refractivity contribution is 7.87. The Bertz CT molecular complexity index is 990. The van der Waals surface area contributed by atoms with Crippen LogP contribution in [-0.2, 0) is 16.7 Å². The van der Waals surface area contributed by atoms with Crippen molar-refractivity contribution < 1.29 is 22.3 Å². The van der Waals surface area contributed by atoms with E-state index in [1.807, 2.05) is 13.8 Å². The maximum atomic E-state index is 13.1. The highest BCUT2D eigenvalue weighted by Crippen LogP contribution is 2.21. The number of hydrogen-bond acceptors (Lipinski definition) is 6. The van der Waals surface area contributed by atoms with E-state index in [1.165, 1.54) is 37.3 Å². The van der Waals surface area contributed by atoms with E-state index < -0.39 is 15.0 Å². The number of hydrogen-bond donors (Lipinski definition) is 0. The zero-order valence-corrected chi connectivity index (χ0v) is 17.4. The molecule has 2 rings (SSSR count). The van der Waals surface area contributed by atoms with Crippen LogP contribution in [0.1, 0.15) is 43.1 Å². The lowest BCUT2D eigenvalue weighted by Crippen LogP contribution is -2.37. The highest BCUT2D eigenvalue weighted by atomic mass is 32.2. The molecule has 0 spiro atoms. The van der Waals surface area contributed by atoms with E-state index in [0.717, 1.165) is 0 Å². The summed E-state index contributed by atoms with van der Waals surface area (Å²) in [5.74, 6) is -0.312. The van der Waals surface area contributed by atoms with Gasteiger partial charge in [0.1, 0.15) is 5.75 Å². The molecule has 0 aliphatic carbocycles. The maximum Gasteiger partial charge on any atom is 0.308 e. The number of nitro benzene ring substituents is 1. The van der Waals surface area contributed by atoms with Crippen molar-refractivity contribution in [3.8, 4) is 5.75 Å². The monoisotopic (exact) mass is 420 g/mol. The summed E-state index contributed by atoms with van der Waals surface area (Å²) in [7, 11) is -3.66. The molecular weight excluding hydrogens is 396 g/mol. The van der Waals surface area contributed by atoms with Crippen LogP contribution < -0.4 is 4.18 Å². The van der Waals surface area contributed by atoms with Gasteiger partial charge in [-0.1, -0.05) is 25.1 Å². The second kappa shape index (κ2) is 9.51. The highest BCUT2D eigenvalue weighted by Gasteiger charge is 2.23. The number of amides is 1. The van der Waals surface area contributed by atoms with Gasteiger partial charge in [0, 0.05) is 30.3 Å². The van der Waals surface area contributed by atoms with E-state index in [-0.39, 0.29) is 41.2 Å². The molecule has 0 saturated heterocycles. The lowest BCUT2D eigenvalue weighted by Gasteiger charge is -2.29. The van der Waals surface area contributed by atoms with Crippen LogP contribution in [0.4, 0.5) is 5.69 Å². The van der Waals surface area contributed by atoms with Gasteiger partial charge in [-0.15, -0.1) is 0 Å². The molecule has 0 saturated carbocycles. The van der Waals surface area contributed by atoms with Gasteiger partial charge in [-0.2, -0.15) is 8.42 Å². The average Bonchev–Trinajstić information content (AvgIpc) is 2.71. The van der Waals surface area contributed by atoms with Crippen molar-refractivity contribution in [2.45, 2.75) is 39.8 Å². The Morgan fingerprint density at radius 3 is 2.48 bits per heavy atom. The van der Waals surface area contributed by atoms with Crippen molar-refractivity contribution in [1.82, 2.24) is 4.90 Å². The summed E-state index contributed by atoms with van der Waals surface area (Å²) in [6.07, 6.45) is 0.682. The Hall–Kier alpha value is -2.94. The first-order valence-corrected chi connectivity index (χ1v) is 10.8. The Morgan fingerprint density at radius 2 is 1.86 bits per heavy atom. The van der Waals surface area contributed by atoms with Crippen molar-refractivity contribution in [3.05, 3.63) is 69.8 Å². The number of nitro groups is 1. The molecule has 0 unspecified atom stereocenters. The standard InChI is InChI=1S/C20H24N2O6S/c1-4-15(3)21(20(23)17-9-7-10-18(13-17)22(24)25)14-16-8-6-11-19(12-16)28-29(26,27)5-2/h6-13,15H,4-5,14H2,1-3H3/t15-/m0/s1. The SMILES string of the molecule is CC[C@H](C)N(Cc1cccc(OS(=O)(=O)CC)c1)C(=O)c1cccc([N+](=O)[O-])c1. The molecule has 0 aliphatic rings. The smallest absolute Gasteiger partial charge is 0.308 e. The zero-order chi connectivity index (χ0) is 21.6. The van der Waals surface area contributed by atoms with Gasteiger partial charge in [0.25, 0.3) is 11.6 Å². The van der Waals surface area contributed by atoms with Gasteiger partial charge in [-0.05, 0) is 44.0 Å². The first-order chi connectivity index (χ1) is 13.7. The van der Waals surface area contributed by atoms with Crippen LogP contribution in [0.15, 0.2) is 48.5 Å². The third-order valence-electron chi connectivity index (χ3n) is 4.52. The first kappa shape index (κ1) is 22.4. The number of benzene rings is 2. The minimum absolute atomic E-state index is 0.134. The average molecular weight is 420 g/mol. The Morgan fingerprint density at radius 1 is 1.17 bits per heavy atom. The van der Waals surface area contributed by atoms with Gasteiger partial charge in [0.05, 0.1) is 10.7 Å². The summed E-state index contributed by atoms with van der Waals surface area (Å²) in [5.41, 5.74) is 0.758. The van der Waals surface area contributed by atoms with Crippen LogP contribution in [0.3, 0.4) is 0 Å². The quantitative estimate of drug-likeness (QED) is 0.347. The van der Waals surface area contributed by atoms with E-state index in [4.69, 9.17) is 4.18 Å². The molecule has 0 N–H and O–H groups in total. The van der Waals surface area contributed by atoms with Crippen molar-refractivity contribution >= 4 is 21.7 Å². The van der Waals surface area contributed by atoms with Crippen LogP contribution in [0, 0.1) is 10.1 Å². The van der Waals surface area contributed by atoms with E-state index >= 15 is 0 Å². The fraction of sp³-hybridized carbons (Fsp3) is 0.350. The third kappa shape index (κ3) is 6.02. The molecule has 0 radical (unpaired) electrons.